The molecule has 0 amide bonds. The summed E-state index contributed by atoms with van der Waals surface area (Å²) in [6, 6.07) is 0. The van der Waals surface area contributed by atoms with Crippen molar-refractivity contribution in [1.29, 1.82) is 0 Å². The topological polar surface area (TPSA) is 55.0 Å². The average molecular weight is 234 g/mol. The normalized spacial score (nSPS) is 18.8. The number of hydrogen-bond donors (Lipinski definition) is 1. The second kappa shape index (κ2) is 3.15. The predicted octanol–water partition coefficient (Wildman–Crippen LogP) is 1.54. The molecule has 1 saturated heterocycles. The van der Waals surface area contributed by atoms with Gasteiger partial charge in [0.25, 0.3) is 0 Å². The fourth-order valence-electron chi connectivity index (χ4n) is 2.16. The maximum absolute atomic E-state index is 6.02. The molecule has 0 spiro atoms. The third-order valence-electron chi connectivity index (χ3n) is 2.92. The van der Waals surface area contributed by atoms with Crippen molar-refractivity contribution in [2.24, 2.45) is 5.73 Å². The van der Waals surface area contributed by atoms with Crippen LogP contribution in [0.1, 0.15) is 12.5 Å². The Morgan fingerprint density at radius 2 is 2.19 bits per heavy atom. The van der Waals surface area contributed by atoms with E-state index in [0.717, 1.165) is 24.4 Å². The minimum absolute atomic E-state index is 0.0659. The van der Waals surface area contributed by atoms with Crippen LogP contribution < -0.4 is 10.6 Å². The molecular weight excluding hydrogens is 220 g/mol. The molecule has 2 aromatic heterocycles. The van der Waals surface area contributed by atoms with Crippen molar-refractivity contribution in [2.75, 3.05) is 18.0 Å². The van der Waals surface area contributed by atoms with Gasteiger partial charge in [0, 0.05) is 18.6 Å². The van der Waals surface area contributed by atoms with Crippen molar-refractivity contribution in [3.05, 3.63) is 17.3 Å². The Kier molecular flexibility index (Phi) is 1.96. The molecule has 0 atom stereocenters. The average Bonchev–Trinajstić information content (AvgIpc) is 2.57. The molecule has 1 fully saturated rings. The molecule has 0 aliphatic carbocycles. The molecule has 16 heavy (non-hydrogen) atoms. The second-order valence-corrected chi connectivity index (χ2v) is 5.68. The standard InChI is InChI=1S/C11H14N4S/c1-7-3-16-9-8(7)13-6-14-10(9)15-4-11(2,12)5-15/h3,6H,4-5,12H2,1-2H3. The van der Waals surface area contributed by atoms with E-state index in [-0.39, 0.29) is 5.54 Å². The van der Waals surface area contributed by atoms with E-state index < -0.39 is 0 Å². The maximum Gasteiger partial charge on any atom is 0.150 e. The van der Waals surface area contributed by atoms with Crippen LogP contribution in [0.5, 0.6) is 0 Å². The molecule has 0 saturated carbocycles. The molecular formula is C11H14N4S. The number of fused-ring (bicyclic) bond motifs is 1. The molecule has 0 radical (unpaired) electrons. The zero-order valence-electron chi connectivity index (χ0n) is 9.40. The van der Waals surface area contributed by atoms with Gasteiger partial charge in [0.2, 0.25) is 0 Å². The summed E-state index contributed by atoms with van der Waals surface area (Å²) in [5.41, 5.74) is 8.24. The summed E-state index contributed by atoms with van der Waals surface area (Å²) in [6.45, 7) is 5.90. The lowest BCUT2D eigenvalue weighted by Gasteiger charge is -2.46. The van der Waals surface area contributed by atoms with Gasteiger partial charge in [-0.05, 0) is 24.8 Å². The number of nitrogens with zero attached hydrogens (tertiary/aromatic N) is 3. The van der Waals surface area contributed by atoms with Crippen LogP contribution in [-0.2, 0) is 0 Å². The van der Waals surface area contributed by atoms with Crippen molar-refractivity contribution < 1.29 is 0 Å². The first-order valence-electron chi connectivity index (χ1n) is 5.29. The van der Waals surface area contributed by atoms with Crippen molar-refractivity contribution in [2.45, 2.75) is 19.4 Å². The highest BCUT2D eigenvalue weighted by atomic mass is 32.1. The highest BCUT2D eigenvalue weighted by molar-refractivity contribution is 7.18. The van der Waals surface area contributed by atoms with E-state index in [1.807, 2.05) is 0 Å². The first-order chi connectivity index (χ1) is 7.57. The van der Waals surface area contributed by atoms with Crippen molar-refractivity contribution in [3.63, 3.8) is 0 Å². The zero-order valence-corrected chi connectivity index (χ0v) is 10.2. The van der Waals surface area contributed by atoms with E-state index in [1.165, 1.54) is 10.3 Å². The molecule has 0 unspecified atom stereocenters. The molecule has 4 nitrogen and oxygen atoms in total. The summed E-state index contributed by atoms with van der Waals surface area (Å²) >= 11 is 1.71. The Morgan fingerprint density at radius 1 is 1.44 bits per heavy atom. The summed E-state index contributed by atoms with van der Waals surface area (Å²) < 4.78 is 1.18. The van der Waals surface area contributed by atoms with Gasteiger partial charge in [0.1, 0.15) is 12.1 Å². The number of aromatic nitrogens is 2. The van der Waals surface area contributed by atoms with Gasteiger partial charge in [0.15, 0.2) is 0 Å². The summed E-state index contributed by atoms with van der Waals surface area (Å²) in [4.78, 5) is 10.9. The number of hydrogen-bond acceptors (Lipinski definition) is 5. The molecule has 2 aromatic rings. The van der Waals surface area contributed by atoms with Gasteiger partial charge in [-0.2, -0.15) is 0 Å². The van der Waals surface area contributed by atoms with E-state index in [2.05, 4.69) is 34.1 Å². The SMILES string of the molecule is Cc1csc2c(N3CC(C)(N)C3)ncnc12. The molecule has 1 aliphatic heterocycles. The molecule has 0 bridgehead atoms. The fourth-order valence-corrected chi connectivity index (χ4v) is 3.18. The third-order valence-corrected chi connectivity index (χ3v) is 4.00. The van der Waals surface area contributed by atoms with Crippen LogP contribution in [0.25, 0.3) is 10.2 Å². The lowest BCUT2D eigenvalue weighted by atomic mass is 9.94. The molecule has 5 heteroatoms. The Morgan fingerprint density at radius 3 is 2.88 bits per heavy atom. The number of thiophene rings is 1. The number of rotatable bonds is 1. The van der Waals surface area contributed by atoms with Crippen LogP contribution in [0.2, 0.25) is 0 Å². The van der Waals surface area contributed by atoms with Gasteiger partial charge in [0.05, 0.1) is 10.2 Å². The van der Waals surface area contributed by atoms with E-state index in [0.29, 0.717) is 0 Å². The van der Waals surface area contributed by atoms with E-state index in [4.69, 9.17) is 5.73 Å². The highest BCUT2D eigenvalue weighted by Crippen LogP contribution is 2.34. The molecule has 0 aromatic carbocycles. The molecule has 1 aliphatic rings. The van der Waals surface area contributed by atoms with Crippen LogP contribution in [-0.4, -0.2) is 28.6 Å². The van der Waals surface area contributed by atoms with Crippen molar-refractivity contribution in [3.8, 4) is 0 Å². The minimum Gasteiger partial charge on any atom is -0.352 e. The monoisotopic (exact) mass is 234 g/mol. The third kappa shape index (κ3) is 1.39. The van der Waals surface area contributed by atoms with Gasteiger partial charge < -0.3 is 10.6 Å². The Bertz CT molecular complexity index is 538. The van der Waals surface area contributed by atoms with Gasteiger partial charge >= 0.3 is 0 Å². The number of nitrogens with two attached hydrogens (primary N) is 1. The maximum atomic E-state index is 6.02. The highest BCUT2D eigenvalue weighted by Gasteiger charge is 2.36. The number of anilines is 1. The fraction of sp³-hybridized carbons (Fsp3) is 0.455. The Labute approximate surface area is 98.1 Å². The molecule has 2 N–H and O–H groups in total. The van der Waals surface area contributed by atoms with Crippen LogP contribution in [0.4, 0.5) is 5.82 Å². The zero-order chi connectivity index (χ0) is 11.3. The smallest absolute Gasteiger partial charge is 0.150 e. The van der Waals surface area contributed by atoms with Gasteiger partial charge in [-0.1, -0.05) is 0 Å². The molecule has 84 valence electrons. The summed E-state index contributed by atoms with van der Waals surface area (Å²) in [6.07, 6.45) is 1.64. The Hall–Kier alpha value is -1.20. The summed E-state index contributed by atoms with van der Waals surface area (Å²) in [5.74, 6) is 1.03. The van der Waals surface area contributed by atoms with Crippen LogP contribution in [0.3, 0.4) is 0 Å². The quantitative estimate of drug-likeness (QED) is 0.813. The summed E-state index contributed by atoms with van der Waals surface area (Å²) in [7, 11) is 0. The van der Waals surface area contributed by atoms with Gasteiger partial charge in [-0.25, -0.2) is 9.97 Å². The van der Waals surface area contributed by atoms with Gasteiger partial charge in [-0.15, -0.1) is 11.3 Å². The van der Waals surface area contributed by atoms with Crippen molar-refractivity contribution >= 4 is 27.4 Å². The van der Waals surface area contributed by atoms with Crippen molar-refractivity contribution in [1.82, 2.24) is 9.97 Å². The van der Waals surface area contributed by atoms with Crippen LogP contribution >= 0.6 is 11.3 Å². The van der Waals surface area contributed by atoms with E-state index >= 15 is 0 Å². The van der Waals surface area contributed by atoms with E-state index in [1.54, 1.807) is 17.7 Å². The predicted molar refractivity (Wildman–Crippen MR) is 67.0 cm³/mol. The second-order valence-electron chi connectivity index (χ2n) is 4.80. The largest absolute Gasteiger partial charge is 0.352 e. The first-order valence-corrected chi connectivity index (χ1v) is 6.17. The molecule has 3 rings (SSSR count). The molecule has 3 heterocycles. The van der Waals surface area contributed by atoms with Crippen LogP contribution in [0.15, 0.2) is 11.7 Å². The lowest BCUT2D eigenvalue weighted by Crippen LogP contribution is -2.65. The first kappa shape index (κ1) is 9.99. The summed E-state index contributed by atoms with van der Waals surface area (Å²) in [5, 5.41) is 2.13. The lowest BCUT2D eigenvalue weighted by molar-refractivity contribution is 0.364. The Balaban J connectivity index is 2.05. The van der Waals surface area contributed by atoms with Gasteiger partial charge in [-0.3, -0.25) is 0 Å². The number of aryl methyl sites for hydroxylation is 1. The van der Waals surface area contributed by atoms with E-state index in [9.17, 15) is 0 Å². The minimum atomic E-state index is -0.0659. The van der Waals surface area contributed by atoms with Crippen LogP contribution in [0, 0.1) is 6.92 Å².